The van der Waals surface area contributed by atoms with Gasteiger partial charge in [0.1, 0.15) is 6.07 Å². The molecule has 0 saturated carbocycles. The molecule has 0 aliphatic carbocycles. The highest BCUT2D eigenvalue weighted by Crippen LogP contribution is 2.30. The highest BCUT2D eigenvalue weighted by atomic mass is 32.2. The molecule has 0 bridgehead atoms. The third-order valence-electron chi connectivity index (χ3n) is 3.03. The van der Waals surface area contributed by atoms with E-state index in [1.807, 2.05) is 6.07 Å². The first-order valence-electron chi connectivity index (χ1n) is 6.04. The summed E-state index contributed by atoms with van der Waals surface area (Å²) >= 11 is 0. The Balaban J connectivity index is 2.27. The fraction of sp³-hybridized carbons (Fsp3) is 0.385. The molecule has 6 nitrogen and oxygen atoms in total. The third-order valence-corrected chi connectivity index (χ3v) is 4.21. The molecule has 1 atom stereocenters. The molecule has 1 unspecified atom stereocenters. The molecule has 0 spiro atoms. The Bertz CT molecular complexity index is 691. The van der Waals surface area contributed by atoms with Crippen molar-refractivity contribution in [2.45, 2.75) is 19.4 Å². The number of hydrogen-bond acceptors (Lipinski definition) is 5. The summed E-state index contributed by atoms with van der Waals surface area (Å²) in [4.78, 5) is 11.8. The lowest BCUT2D eigenvalue weighted by molar-refractivity contribution is 0.0435. The number of nitriles is 1. The zero-order chi connectivity index (χ0) is 14.9. The van der Waals surface area contributed by atoms with Crippen LogP contribution in [0.25, 0.3) is 0 Å². The predicted octanol–water partition coefficient (Wildman–Crippen LogP) is 1.08. The standard InChI is InChI=1S/C13H14N2O4S/c1-9(8-14)19-13(16)11-3-4-12-10(7-11)5-6-15(12)20(2,17)18/h3-4,7,9H,5-6H2,1-2H3. The molecule has 1 aliphatic heterocycles. The van der Waals surface area contributed by atoms with E-state index < -0.39 is 22.1 Å². The van der Waals surface area contributed by atoms with E-state index in [-0.39, 0.29) is 0 Å². The Kier molecular flexibility index (Phi) is 3.68. The first-order chi connectivity index (χ1) is 9.32. The zero-order valence-corrected chi connectivity index (χ0v) is 12.0. The van der Waals surface area contributed by atoms with Crippen LogP contribution in [0.1, 0.15) is 22.8 Å². The van der Waals surface area contributed by atoms with E-state index in [1.165, 1.54) is 17.3 Å². The Labute approximate surface area is 117 Å². The molecule has 106 valence electrons. The molecule has 20 heavy (non-hydrogen) atoms. The average molecular weight is 294 g/mol. The van der Waals surface area contributed by atoms with Crippen LogP contribution in [0.5, 0.6) is 0 Å². The summed E-state index contributed by atoms with van der Waals surface area (Å²) < 4.78 is 29.4. The van der Waals surface area contributed by atoms with E-state index in [4.69, 9.17) is 10.00 Å². The number of carbonyl (C=O) groups excluding carboxylic acids is 1. The first-order valence-corrected chi connectivity index (χ1v) is 7.89. The topological polar surface area (TPSA) is 87.5 Å². The molecule has 0 saturated heterocycles. The minimum absolute atomic E-state index is 0.321. The van der Waals surface area contributed by atoms with E-state index in [1.54, 1.807) is 12.1 Å². The van der Waals surface area contributed by atoms with Gasteiger partial charge in [0.15, 0.2) is 6.10 Å². The number of benzene rings is 1. The maximum atomic E-state index is 11.8. The average Bonchev–Trinajstić information content (AvgIpc) is 2.80. The van der Waals surface area contributed by atoms with Crippen molar-refractivity contribution in [2.75, 3.05) is 17.1 Å². The minimum Gasteiger partial charge on any atom is -0.444 e. The van der Waals surface area contributed by atoms with E-state index >= 15 is 0 Å². The molecular weight excluding hydrogens is 280 g/mol. The van der Waals surface area contributed by atoms with Gasteiger partial charge in [0.25, 0.3) is 0 Å². The van der Waals surface area contributed by atoms with Gasteiger partial charge in [-0.3, -0.25) is 4.31 Å². The number of hydrogen-bond donors (Lipinski definition) is 0. The van der Waals surface area contributed by atoms with Crippen LogP contribution in [0.2, 0.25) is 0 Å². The summed E-state index contributed by atoms with van der Waals surface area (Å²) in [5.41, 5.74) is 1.70. The fourth-order valence-corrected chi connectivity index (χ4v) is 3.06. The number of fused-ring (bicyclic) bond motifs is 1. The molecule has 0 radical (unpaired) electrons. The summed E-state index contributed by atoms with van der Waals surface area (Å²) in [6, 6.07) is 6.54. The van der Waals surface area contributed by atoms with Gasteiger partial charge in [-0.25, -0.2) is 13.2 Å². The number of rotatable bonds is 3. The van der Waals surface area contributed by atoms with Crippen LogP contribution >= 0.6 is 0 Å². The lowest BCUT2D eigenvalue weighted by Gasteiger charge is -2.16. The lowest BCUT2D eigenvalue weighted by atomic mass is 10.1. The summed E-state index contributed by atoms with van der Waals surface area (Å²) in [5, 5.41) is 8.61. The van der Waals surface area contributed by atoms with Gasteiger partial charge >= 0.3 is 5.97 Å². The first kappa shape index (κ1) is 14.3. The zero-order valence-electron chi connectivity index (χ0n) is 11.2. The molecule has 2 rings (SSSR count). The monoisotopic (exact) mass is 294 g/mol. The number of anilines is 1. The number of ether oxygens (including phenoxy) is 1. The molecule has 0 N–H and O–H groups in total. The van der Waals surface area contributed by atoms with Crippen LogP contribution in [-0.4, -0.2) is 33.3 Å². The molecule has 0 aromatic heterocycles. The maximum absolute atomic E-state index is 11.8. The fourth-order valence-electron chi connectivity index (χ4n) is 2.10. The van der Waals surface area contributed by atoms with Crippen molar-refractivity contribution in [1.82, 2.24) is 0 Å². The molecule has 0 amide bonds. The van der Waals surface area contributed by atoms with Crippen LogP contribution in [0.15, 0.2) is 18.2 Å². The van der Waals surface area contributed by atoms with Gasteiger partial charge < -0.3 is 4.74 Å². The Hall–Kier alpha value is -2.07. The third kappa shape index (κ3) is 2.75. The molecule has 1 aromatic rings. The number of nitrogens with zero attached hydrogens (tertiary/aromatic N) is 2. The molecule has 0 fully saturated rings. The van der Waals surface area contributed by atoms with Crippen molar-refractivity contribution >= 4 is 21.7 Å². The largest absolute Gasteiger partial charge is 0.444 e. The van der Waals surface area contributed by atoms with Crippen molar-refractivity contribution in [3.63, 3.8) is 0 Å². The van der Waals surface area contributed by atoms with Gasteiger partial charge in [0, 0.05) is 6.54 Å². The van der Waals surface area contributed by atoms with Crippen molar-refractivity contribution in [1.29, 1.82) is 5.26 Å². The van der Waals surface area contributed by atoms with Crippen LogP contribution in [-0.2, 0) is 21.2 Å². The predicted molar refractivity (Wildman–Crippen MR) is 72.8 cm³/mol. The Morgan fingerprint density at radius 3 is 2.80 bits per heavy atom. The van der Waals surface area contributed by atoms with Gasteiger partial charge in [-0.1, -0.05) is 0 Å². The Morgan fingerprint density at radius 1 is 1.50 bits per heavy atom. The lowest BCUT2D eigenvalue weighted by Crippen LogP contribution is -2.27. The summed E-state index contributed by atoms with van der Waals surface area (Å²) in [5.74, 6) is -0.584. The van der Waals surface area contributed by atoms with E-state index in [9.17, 15) is 13.2 Å². The van der Waals surface area contributed by atoms with Crippen LogP contribution in [0.4, 0.5) is 5.69 Å². The highest BCUT2D eigenvalue weighted by molar-refractivity contribution is 7.92. The molecule has 1 aromatic carbocycles. The van der Waals surface area contributed by atoms with E-state index in [0.29, 0.717) is 24.2 Å². The summed E-state index contributed by atoms with van der Waals surface area (Å²) in [6.45, 7) is 1.86. The van der Waals surface area contributed by atoms with Crippen LogP contribution in [0, 0.1) is 11.3 Å². The van der Waals surface area contributed by atoms with E-state index in [2.05, 4.69) is 0 Å². The maximum Gasteiger partial charge on any atom is 0.339 e. The van der Waals surface area contributed by atoms with Crippen LogP contribution in [0.3, 0.4) is 0 Å². The number of esters is 1. The van der Waals surface area contributed by atoms with Crippen molar-refractivity contribution in [3.8, 4) is 6.07 Å². The van der Waals surface area contributed by atoms with Gasteiger partial charge in [-0.05, 0) is 37.1 Å². The number of sulfonamides is 1. The smallest absolute Gasteiger partial charge is 0.339 e. The van der Waals surface area contributed by atoms with Crippen molar-refractivity contribution < 1.29 is 17.9 Å². The second-order valence-corrected chi connectivity index (χ2v) is 6.51. The minimum atomic E-state index is -3.30. The summed E-state index contributed by atoms with van der Waals surface area (Å²) in [6.07, 6.45) is 0.888. The molecular formula is C13H14N2O4S. The Morgan fingerprint density at radius 2 is 2.20 bits per heavy atom. The quantitative estimate of drug-likeness (QED) is 0.778. The summed E-state index contributed by atoms with van der Waals surface area (Å²) in [7, 11) is -3.30. The van der Waals surface area contributed by atoms with Crippen molar-refractivity contribution in [3.05, 3.63) is 29.3 Å². The number of carbonyl (C=O) groups is 1. The van der Waals surface area contributed by atoms with Gasteiger partial charge in [0.2, 0.25) is 10.0 Å². The molecule has 1 heterocycles. The van der Waals surface area contributed by atoms with Crippen LogP contribution < -0.4 is 4.31 Å². The van der Waals surface area contributed by atoms with Gasteiger partial charge in [0.05, 0.1) is 17.5 Å². The van der Waals surface area contributed by atoms with Gasteiger partial charge in [-0.15, -0.1) is 0 Å². The molecule has 7 heteroatoms. The van der Waals surface area contributed by atoms with Gasteiger partial charge in [-0.2, -0.15) is 5.26 Å². The second-order valence-electron chi connectivity index (χ2n) is 4.61. The highest BCUT2D eigenvalue weighted by Gasteiger charge is 2.27. The second kappa shape index (κ2) is 5.13. The van der Waals surface area contributed by atoms with E-state index in [0.717, 1.165) is 11.8 Å². The molecule has 1 aliphatic rings. The normalized spacial score (nSPS) is 15.3. The SMILES string of the molecule is CC(C#N)OC(=O)c1ccc2c(c1)CCN2S(C)(=O)=O. The van der Waals surface area contributed by atoms with Crippen molar-refractivity contribution in [2.24, 2.45) is 0 Å².